The van der Waals surface area contributed by atoms with Crippen molar-refractivity contribution in [3.8, 4) is 0 Å². The summed E-state index contributed by atoms with van der Waals surface area (Å²) in [5, 5.41) is 6.44. The number of rotatable bonds is 6. The number of amides is 2. The van der Waals surface area contributed by atoms with E-state index in [1.165, 1.54) is 23.5 Å². The number of fused-ring (bicyclic) bond motifs is 1. The summed E-state index contributed by atoms with van der Waals surface area (Å²) in [6.07, 6.45) is 2.71. The molecule has 0 saturated heterocycles. The molecule has 1 saturated carbocycles. The first-order chi connectivity index (χ1) is 13.1. The number of hydrogen-bond donors (Lipinski definition) is 2. The highest BCUT2D eigenvalue weighted by atomic mass is 32.1. The number of hydrogen-bond acceptors (Lipinski definition) is 5. The molecule has 2 aromatic rings. The average Bonchev–Trinajstić information content (AvgIpc) is 3.42. The quantitative estimate of drug-likeness (QED) is 0.796. The normalized spacial score (nSPS) is 16.6. The molecule has 1 fully saturated rings. The van der Waals surface area contributed by atoms with E-state index in [0.29, 0.717) is 24.8 Å². The maximum absolute atomic E-state index is 12.9. The molecule has 0 radical (unpaired) electrons. The molecule has 2 amide bonds. The van der Waals surface area contributed by atoms with Crippen molar-refractivity contribution in [3.05, 3.63) is 46.2 Å². The maximum atomic E-state index is 12.9. The third-order valence-corrected chi connectivity index (χ3v) is 5.76. The zero-order valence-electron chi connectivity index (χ0n) is 14.8. The standard InChI is InChI=1S/C19H21FN4O2S/c20-14-5-1-12(2-6-14)9-21-17(25)11-24-8-7-15-16(10-24)27-19(22-15)23-18(26)13-3-4-13/h1-2,5-6,13H,3-4,7-11H2,(H,21,25)(H,22,23,26). The van der Waals surface area contributed by atoms with Crippen LogP contribution in [0.1, 0.15) is 29.0 Å². The van der Waals surface area contributed by atoms with Gasteiger partial charge in [0.05, 0.1) is 12.2 Å². The van der Waals surface area contributed by atoms with Gasteiger partial charge in [0.25, 0.3) is 0 Å². The van der Waals surface area contributed by atoms with Gasteiger partial charge in [0.2, 0.25) is 11.8 Å². The van der Waals surface area contributed by atoms with Crippen LogP contribution in [-0.4, -0.2) is 34.8 Å². The highest BCUT2D eigenvalue weighted by Gasteiger charge is 2.31. The monoisotopic (exact) mass is 388 g/mol. The Labute approximate surface area is 160 Å². The van der Waals surface area contributed by atoms with Gasteiger partial charge in [-0.3, -0.25) is 14.5 Å². The Kier molecular flexibility index (Phi) is 5.18. The summed E-state index contributed by atoms with van der Waals surface area (Å²) in [7, 11) is 0. The number of thiazole rings is 1. The van der Waals surface area contributed by atoms with E-state index in [1.54, 1.807) is 12.1 Å². The summed E-state index contributed by atoms with van der Waals surface area (Å²) in [6, 6.07) is 6.10. The topological polar surface area (TPSA) is 74.3 Å². The molecular formula is C19H21FN4O2S. The lowest BCUT2D eigenvalue weighted by Crippen LogP contribution is -2.39. The van der Waals surface area contributed by atoms with Crippen LogP contribution in [0, 0.1) is 11.7 Å². The second kappa shape index (κ2) is 7.74. The molecule has 142 valence electrons. The van der Waals surface area contributed by atoms with E-state index in [9.17, 15) is 14.0 Å². The van der Waals surface area contributed by atoms with Gasteiger partial charge >= 0.3 is 0 Å². The second-order valence-electron chi connectivity index (χ2n) is 7.02. The molecule has 2 heterocycles. The van der Waals surface area contributed by atoms with Gasteiger partial charge in [-0.05, 0) is 30.5 Å². The lowest BCUT2D eigenvalue weighted by Gasteiger charge is -2.25. The molecule has 0 spiro atoms. The van der Waals surface area contributed by atoms with Crippen molar-refractivity contribution in [2.24, 2.45) is 5.92 Å². The summed E-state index contributed by atoms with van der Waals surface area (Å²) in [4.78, 5) is 31.8. The minimum absolute atomic E-state index is 0.0606. The average molecular weight is 388 g/mol. The lowest BCUT2D eigenvalue weighted by molar-refractivity contribution is -0.122. The molecule has 0 unspecified atom stereocenters. The van der Waals surface area contributed by atoms with E-state index in [4.69, 9.17) is 0 Å². The predicted molar refractivity (Wildman–Crippen MR) is 101 cm³/mol. The highest BCUT2D eigenvalue weighted by Crippen LogP contribution is 2.32. The molecule has 27 heavy (non-hydrogen) atoms. The van der Waals surface area contributed by atoms with E-state index in [0.717, 1.165) is 41.9 Å². The summed E-state index contributed by atoms with van der Waals surface area (Å²) in [5.74, 6) is -0.119. The fourth-order valence-electron chi connectivity index (χ4n) is 3.05. The Hall–Kier alpha value is -2.32. The number of nitrogens with one attached hydrogen (secondary N) is 2. The molecule has 1 aromatic heterocycles. The molecule has 8 heteroatoms. The van der Waals surface area contributed by atoms with Crippen LogP contribution in [0.3, 0.4) is 0 Å². The molecule has 2 aliphatic rings. The van der Waals surface area contributed by atoms with Crippen LogP contribution in [-0.2, 0) is 29.1 Å². The van der Waals surface area contributed by atoms with Crippen LogP contribution in [0.4, 0.5) is 9.52 Å². The number of carbonyl (C=O) groups excluding carboxylic acids is 2. The van der Waals surface area contributed by atoms with Gasteiger partial charge in [0.15, 0.2) is 5.13 Å². The largest absolute Gasteiger partial charge is 0.351 e. The van der Waals surface area contributed by atoms with Gasteiger partial charge < -0.3 is 10.6 Å². The molecule has 2 N–H and O–H groups in total. The van der Waals surface area contributed by atoms with Crippen molar-refractivity contribution in [1.29, 1.82) is 0 Å². The number of carbonyl (C=O) groups is 2. The Balaban J connectivity index is 1.27. The first-order valence-electron chi connectivity index (χ1n) is 9.10. The van der Waals surface area contributed by atoms with Gasteiger partial charge in [0.1, 0.15) is 5.82 Å². The van der Waals surface area contributed by atoms with Gasteiger partial charge in [-0.1, -0.05) is 12.1 Å². The van der Waals surface area contributed by atoms with Gasteiger partial charge in [-0.15, -0.1) is 11.3 Å². The Morgan fingerprint density at radius 3 is 2.78 bits per heavy atom. The third-order valence-electron chi connectivity index (χ3n) is 4.76. The summed E-state index contributed by atoms with van der Waals surface area (Å²) in [5.41, 5.74) is 1.89. The number of anilines is 1. The van der Waals surface area contributed by atoms with Crippen LogP contribution in [0.25, 0.3) is 0 Å². The van der Waals surface area contributed by atoms with Gasteiger partial charge in [-0.25, -0.2) is 9.37 Å². The molecule has 1 aliphatic carbocycles. The van der Waals surface area contributed by atoms with Crippen LogP contribution < -0.4 is 10.6 Å². The second-order valence-corrected chi connectivity index (χ2v) is 8.10. The predicted octanol–water partition coefficient (Wildman–Crippen LogP) is 2.31. The van der Waals surface area contributed by atoms with Crippen molar-refractivity contribution < 1.29 is 14.0 Å². The third kappa shape index (κ3) is 4.70. The van der Waals surface area contributed by atoms with Gasteiger partial charge in [0, 0.05) is 36.9 Å². The summed E-state index contributed by atoms with van der Waals surface area (Å²) >= 11 is 1.50. The highest BCUT2D eigenvalue weighted by molar-refractivity contribution is 7.15. The van der Waals surface area contributed by atoms with Crippen molar-refractivity contribution in [1.82, 2.24) is 15.2 Å². The molecule has 6 nitrogen and oxygen atoms in total. The molecule has 4 rings (SSSR count). The van der Waals surface area contributed by atoms with Crippen LogP contribution in [0.15, 0.2) is 24.3 Å². The number of nitrogens with zero attached hydrogens (tertiary/aromatic N) is 2. The molecule has 1 aromatic carbocycles. The number of aromatic nitrogens is 1. The molecular weight excluding hydrogens is 367 g/mol. The first-order valence-corrected chi connectivity index (χ1v) is 9.91. The number of halogens is 1. The minimum Gasteiger partial charge on any atom is -0.351 e. The molecule has 0 atom stereocenters. The van der Waals surface area contributed by atoms with Crippen molar-refractivity contribution in [3.63, 3.8) is 0 Å². The first kappa shape index (κ1) is 18.1. The molecule has 0 bridgehead atoms. The van der Waals surface area contributed by atoms with Crippen LogP contribution in [0.2, 0.25) is 0 Å². The van der Waals surface area contributed by atoms with E-state index >= 15 is 0 Å². The van der Waals surface area contributed by atoms with Crippen molar-refractivity contribution in [2.75, 3.05) is 18.4 Å². The SMILES string of the molecule is O=C(CN1CCc2nc(NC(=O)C3CC3)sc2C1)NCc1ccc(F)cc1. The summed E-state index contributed by atoms with van der Waals surface area (Å²) < 4.78 is 12.9. The smallest absolute Gasteiger partial charge is 0.234 e. The summed E-state index contributed by atoms with van der Waals surface area (Å²) in [6.45, 7) is 2.12. The lowest BCUT2D eigenvalue weighted by atomic mass is 10.2. The fourth-order valence-corrected chi connectivity index (χ4v) is 4.11. The fraction of sp³-hybridized carbons (Fsp3) is 0.421. The number of benzene rings is 1. The van der Waals surface area contributed by atoms with E-state index in [1.807, 2.05) is 0 Å². The Bertz CT molecular complexity index is 848. The van der Waals surface area contributed by atoms with E-state index < -0.39 is 0 Å². The molecule has 1 aliphatic heterocycles. The van der Waals surface area contributed by atoms with Crippen molar-refractivity contribution in [2.45, 2.75) is 32.4 Å². The zero-order valence-corrected chi connectivity index (χ0v) is 15.7. The van der Waals surface area contributed by atoms with Crippen LogP contribution in [0.5, 0.6) is 0 Å². The van der Waals surface area contributed by atoms with Crippen LogP contribution >= 0.6 is 11.3 Å². The Morgan fingerprint density at radius 1 is 1.26 bits per heavy atom. The minimum atomic E-state index is -0.286. The maximum Gasteiger partial charge on any atom is 0.234 e. The van der Waals surface area contributed by atoms with Crippen molar-refractivity contribution >= 4 is 28.3 Å². The Morgan fingerprint density at radius 2 is 2.04 bits per heavy atom. The van der Waals surface area contributed by atoms with Gasteiger partial charge in [-0.2, -0.15) is 0 Å². The van der Waals surface area contributed by atoms with E-state index in [-0.39, 0.29) is 23.5 Å². The van der Waals surface area contributed by atoms with E-state index in [2.05, 4.69) is 20.5 Å². The zero-order chi connectivity index (χ0) is 18.8.